The number of nitrogens with one attached hydrogen (secondary N) is 1. The molecule has 1 aliphatic rings. The van der Waals surface area contributed by atoms with Crippen molar-refractivity contribution in [1.29, 1.82) is 0 Å². The van der Waals surface area contributed by atoms with Crippen molar-refractivity contribution >= 4 is 6.03 Å². The van der Waals surface area contributed by atoms with Gasteiger partial charge in [-0.05, 0) is 31.6 Å². The number of aliphatic hydroxyl groups is 1. The maximum atomic E-state index is 12.0. The molecule has 0 aliphatic carbocycles. The van der Waals surface area contributed by atoms with Crippen LogP contribution in [0.5, 0.6) is 0 Å². The lowest BCUT2D eigenvalue weighted by Crippen LogP contribution is -2.49. The summed E-state index contributed by atoms with van der Waals surface area (Å²) in [5, 5.41) is 12.2. The Bertz CT molecular complexity index is 246. The molecule has 1 heterocycles. The molecule has 0 aromatic heterocycles. The lowest BCUT2D eigenvalue weighted by atomic mass is 9.99. The predicted octanol–water partition coefficient (Wildman–Crippen LogP) is 1.83. The molecule has 1 rings (SSSR count). The van der Waals surface area contributed by atoms with Crippen molar-refractivity contribution in [1.82, 2.24) is 10.2 Å². The fraction of sp³-hybridized carbons (Fsp3) is 0.923. The van der Waals surface area contributed by atoms with Gasteiger partial charge < -0.3 is 15.3 Å². The minimum atomic E-state index is 0.0240. The van der Waals surface area contributed by atoms with Crippen molar-refractivity contribution in [2.24, 2.45) is 11.8 Å². The summed E-state index contributed by atoms with van der Waals surface area (Å²) >= 11 is 0. The second kappa shape index (κ2) is 6.84. The van der Waals surface area contributed by atoms with Gasteiger partial charge in [0.25, 0.3) is 0 Å². The predicted molar refractivity (Wildman–Crippen MR) is 68.8 cm³/mol. The summed E-state index contributed by atoms with van der Waals surface area (Å²) in [5.41, 5.74) is 0. The molecule has 4 nitrogen and oxygen atoms in total. The standard InChI is InChI=1S/C13H26N2O2/c1-4-10(2)11(3)14-13(17)15-7-5-6-12(8-15)9-16/h10-12,16H,4-9H2,1-3H3,(H,14,17). The van der Waals surface area contributed by atoms with E-state index in [1.165, 1.54) is 0 Å². The van der Waals surface area contributed by atoms with Crippen LogP contribution in [0.4, 0.5) is 4.79 Å². The van der Waals surface area contributed by atoms with E-state index < -0.39 is 0 Å². The lowest BCUT2D eigenvalue weighted by molar-refractivity contribution is 0.127. The highest BCUT2D eigenvalue weighted by atomic mass is 16.3. The van der Waals surface area contributed by atoms with Crippen LogP contribution in [0.2, 0.25) is 0 Å². The Balaban J connectivity index is 2.41. The summed E-state index contributed by atoms with van der Waals surface area (Å²) in [6, 6.07) is 0.234. The van der Waals surface area contributed by atoms with Crippen molar-refractivity contribution in [2.75, 3.05) is 19.7 Å². The lowest BCUT2D eigenvalue weighted by Gasteiger charge is -2.33. The van der Waals surface area contributed by atoms with Crippen LogP contribution in [0.25, 0.3) is 0 Å². The number of nitrogens with zero attached hydrogens (tertiary/aromatic N) is 1. The Morgan fingerprint density at radius 2 is 2.24 bits per heavy atom. The van der Waals surface area contributed by atoms with Crippen LogP contribution in [0, 0.1) is 11.8 Å². The molecule has 0 spiro atoms. The number of urea groups is 1. The fourth-order valence-electron chi connectivity index (χ4n) is 2.18. The number of hydrogen-bond acceptors (Lipinski definition) is 2. The first-order chi connectivity index (χ1) is 8.08. The van der Waals surface area contributed by atoms with Crippen molar-refractivity contribution in [2.45, 2.75) is 46.1 Å². The van der Waals surface area contributed by atoms with Crippen molar-refractivity contribution in [3.8, 4) is 0 Å². The third-order valence-electron chi connectivity index (χ3n) is 3.91. The zero-order valence-corrected chi connectivity index (χ0v) is 11.3. The number of amides is 2. The van der Waals surface area contributed by atoms with Crippen LogP contribution < -0.4 is 5.32 Å². The second-order valence-electron chi connectivity index (χ2n) is 5.26. The van der Waals surface area contributed by atoms with Crippen molar-refractivity contribution < 1.29 is 9.90 Å². The summed E-state index contributed by atoms with van der Waals surface area (Å²) in [6.07, 6.45) is 3.10. The Morgan fingerprint density at radius 3 is 2.82 bits per heavy atom. The molecule has 3 unspecified atom stereocenters. The van der Waals surface area contributed by atoms with Crippen LogP contribution in [0.15, 0.2) is 0 Å². The molecule has 4 heteroatoms. The van der Waals surface area contributed by atoms with Gasteiger partial charge >= 0.3 is 6.03 Å². The minimum absolute atomic E-state index is 0.0240. The maximum absolute atomic E-state index is 12.0. The van der Waals surface area contributed by atoms with E-state index in [-0.39, 0.29) is 24.6 Å². The van der Waals surface area contributed by atoms with E-state index in [4.69, 9.17) is 5.11 Å². The molecule has 2 N–H and O–H groups in total. The van der Waals surface area contributed by atoms with E-state index in [1.807, 2.05) is 4.90 Å². The molecule has 0 aromatic rings. The first-order valence-electron chi connectivity index (χ1n) is 6.74. The molecule has 0 saturated carbocycles. The number of likely N-dealkylation sites (tertiary alicyclic amines) is 1. The van der Waals surface area contributed by atoms with Crippen LogP contribution in [-0.4, -0.2) is 41.8 Å². The summed E-state index contributed by atoms with van der Waals surface area (Å²) in [5.74, 6) is 0.755. The summed E-state index contributed by atoms with van der Waals surface area (Å²) in [4.78, 5) is 13.9. The molecule has 1 fully saturated rings. The van der Waals surface area contributed by atoms with Gasteiger partial charge in [-0.15, -0.1) is 0 Å². The summed E-state index contributed by atoms with van der Waals surface area (Å²) < 4.78 is 0. The van der Waals surface area contributed by atoms with E-state index in [9.17, 15) is 4.79 Å². The Hall–Kier alpha value is -0.770. The third kappa shape index (κ3) is 4.19. The second-order valence-corrected chi connectivity index (χ2v) is 5.26. The molecule has 3 atom stereocenters. The molecule has 100 valence electrons. The Kier molecular flexibility index (Phi) is 5.75. The normalized spacial score (nSPS) is 24.2. The first kappa shape index (κ1) is 14.3. The molecular formula is C13H26N2O2. The van der Waals surface area contributed by atoms with E-state index in [1.54, 1.807) is 0 Å². The van der Waals surface area contributed by atoms with Gasteiger partial charge in [0.05, 0.1) is 0 Å². The zero-order valence-electron chi connectivity index (χ0n) is 11.3. The largest absolute Gasteiger partial charge is 0.396 e. The van der Waals surface area contributed by atoms with Gasteiger partial charge in [0.2, 0.25) is 0 Å². The van der Waals surface area contributed by atoms with E-state index >= 15 is 0 Å². The monoisotopic (exact) mass is 242 g/mol. The highest BCUT2D eigenvalue weighted by Crippen LogP contribution is 2.16. The van der Waals surface area contributed by atoms with Gasteiger partial charge in [-0.2, -0.15) is 0 Å². The molecule has 1 saturated heterocycles. The average molecular weight is 242 g/mol. The number of hydrogen-bond donors (Lipinski definition) is 2. The molecule has 2 amide bonds. The van der Waals surface area contributed by atoms with Gasteiger partial charge in [0.1, 0.15) is 0 Å². The number of rotatable bonds is 4. The van der Waals surface area contributed by atoms with E-state index in [2.05, 4.69) is 26.1 Å². The van der Waals surface area contributed by atoms with Crippen molar-refractivity contribution in [3.63, 3.8) is 0 Å². The van der Waals surface area contributed by atoms with Gasteiger partial charge in [0, 0.05) is 25.7 Å². The smallest absolute Gasteiger partial charge is 0.317 e. The molecule has 0 radical (unpaired) electrons. The number of carbonyl (C=O) groups excluding carboxylic acids is 1. The van der Waals surface area contributed by atoms with Crippen LogP contribution in [0.1, 0.15) is 40.0 Å². The van der Waals surface area contributed by atoms with E-state index in [0.29, 0.717) is 12.5 Å². The topological polar surface area (TPSA) is 52.6 Å². The Morgan fingerprint density at radius 1 is 1.53 bits per heavy atom. The highest BCUT2D eigenvalue weighted by molar-refractivity contribution is 5.74. The third-order valence-corrected chi connectivity index (χ3v) is 3.91. The fourth-order valence-corrected chi connectivity index (χ4v) is 2.18. The Labute approximate surface area is 104 Å². The van der Waals surface area contributed by atoms with Crippen LogP contribution in [0.3, 0.4) is 0 Å². The maximum Gasteiger partial charge on any atom is 0.317 e. The molecular weight excluding hydrogens is 216 g/mol. The van der Waals surface area contributed by atoms with Crippen molar-refractivity contribution in [3.05, 3.63) is 0 Å². The van der Waals surface area contributed by atoms with Gasteiger partial charge in [-0.3, -0.25) is 0 Å². The summed E-state index contributed by atoms with van der Waals surface area (Å²) in [7, 11) is 0. The number of piperidine rings is 1. The highest BCUT2D eigenvalue weighted by Gasteiger charge is 2.24. The first-order valence-corrected chi connectivity index (χ1v) is 6.74. The summed E-state index contributed by atoms with van der Waals surface area (Å²) in [6.45, 7) is 8.03. The molecule has 0 aromatic carbocycles. The van der Waals surface area contributed by atoms with Gasteiger partial charge in [0.15, 0.2) is 0 Å². The number of aliphatic hydroxyl groups excluding tert-OH is 1. The molecule has 0 bridgehead atoms. The number of carbonyl (C=O) groups is 1. The van der Waals surface area contributed by atoms with Gasteiger partial charge in [-0.25, -0.2) is 4.79 Å². The minimum Gasteiger partial charge on any atom is -0.396 e. The van der Waals surface area contributed by atoms with Crippen LogP contribution >= 0.6 is 0 Å². The van der Waals surface area contributed by atoms with Crippen LogP contribution in [-0.2, 0) is 0 Å². The zero-order chi connectivity index (χ0) is 12.8. The van der Waals surface area contributed by atoms with E-state index in [0.717, 1.165) is 25.8 Å². The molecule has 17 heavy (non-hydrogen) atoms. The average Bonchev–Trinajstić information content (AvgIpc) is 2.37. The SMILES string of the molecule is CCC(C)C(C)NC(=O)N1CCCC(CO)C1. The van der Waals surface area contributed by atoms with Gasteiger partial charge in [-0.1, -0.05) is 20.3 Å². The molecule has 1 aliphatic heterocycles. The quantitative estimate of drug-likeness (QED) is 0.790.